The monoisotopic (exact) mass is 146 g/mol. The summed E-state index contributed by atoms with van der Waals surface area (Å²) in [6.45, 7) is 1.08. The number of thiocarbonyl (C=S) groups is 1. The van der Waals surface area contributed by atoms with E-state index >= 15 is 0 Å². The number of hydrogen-bond donors (Lipinski definition) is 1. The molecule has 1 aliphatic heterocycles. The van der Waals surface area contributed by atoms with E-state index in [0.29, 0.717) is 10.2 Å². The van der Waals surface area contributed by atoms with E-state index in [2.05, 4.69) is 5.32 Å². The van der Waals surface area contributed by atoms with Gasteiger partial charge in [-0.25, -0.2) is 0 Å². The van der Waals surface area contributed by atoms with E-state index in [1.165, 1.54) is 6.42 Å². The molecule has 0 amide bonds. The lowest BCUT2D eigenvalue weighted by Gasteiger charge is -2.13. The van der Waals surface area contributed by atoms with Gasteiger partial charge < -0.3 is 30.2 Å². The molecular weight excluding hydrogens is 138 g/mol. The first kappa shape index (κ1) is 6.39. The Kier molecular flexibility index (Phi) is 2.16. The van der Waals surface area contributed by atoms with Crippen LogP contribution in [0.2, 0.25) is 0 Å². The largest absolute Gasteiger partial charge is 0.431 e. The van der Waals surface area contributed by atoms with Gasteiger partial charge in [-0.2, -0.15) is 0 Å². The zero-order chi connectivity index (χ0) is 5.98. The molecule has 1 N–H and O–H groups in total. The standard InChI is InChI=1S/C5H9NS2/c7-5(8)4-2-1-3-6-4/h4,6H,1-3H2,(H,7,8)/p-1. The summed E-state index contributed by atoms with van der Waals surface area (Å²) in [5.41, 5.74) is 0. The molecule has 1 aliphatic rings. The van der Waals surface area contributed by atoms with Gasteiger partial charge in [0.1, 0.15) is 0 Å². The van der Waals surface area contributed by atoms with Gasteiger partial charge in [0.15, 0.2) is 0 Å². The van der Waals surface area contributed by atoms with Gasteiger partial charge in [0.2, 0.25) is 0 Å². The second-order valence-electron chi connectivity index (χ2n) is 1.97. The smallest absolute Gasteiger partial charge is 0.0141 e. The molecule has 1 nitrogen and oxygen atoms in total. The molecule has 3 heteroatoms. The summed E-state index contributed by atoms with van der Waals surface area (Å²) in [4.78, 5) is 0. The third-order valence-electron chi connectivity index (χ3n) is 1.34. The first-order valence-electron chi connectivity index (χ1n) is 2.75. The van der Waals surface area contributed by atoms with Crippen LogP contribution in [0.15, 0.2) is 0 Å². The molecule has 1 heterocycles. The van der Waals surface area contributed by atoms with Crippen LogP contribution in [-0.2, 0) is 12.6 Å². The summed E-state index contributed by atoms with van der Waals surface area (Å²) >= 11 is 9.62. The van der Waals surface area contributed by atoms with E-state index < -0.39 is 0 Å². The van der Waals surface area contributed by atoms with Gasteiger partial charge in [0, 0.05) is 6.04 Å². The second kappa shape index (κ2) is 2.71. The first-order chi connectivity index (χ1) is 3.80. The predicted octanol–water partition coefficient (Wildman–Crippen LogP) is 0.613. The van der Waals surface area contributed by atoms with Gasteiger partial charge in [-0.05, 0) is 19.4 Å². The van der Waals surface area contributed by atoms with Crippen molar-refractivity contribution < 1.29 is 0 Å². The van der Waals surface area contributed by atoms with Crippen LogP contribution in [0.25, 0.3) is 0 Å². The predicted molar refractivity (Wildman–Crippen MR) is 41.0 cm³/mol. The van der Waals surface area contributed by atoms with E-state index in [1.54, 1.807) is 0 Å². The molecule has 1 atom stereocenters. The molecule has 0 aliphatic carbocycles. The minimum atomic E-state index is 0.361. The van der Waals surface area contributed by atoms with Crippen molar-refractivity contribution in [3.63, 3.8) is 0 Å². The molecule has 46 valence electrons. The SMILES string of the molecule is S=C([S-])C1CCCN1. The van der Waals surface area contributed by atoms with Crippen molar-refractivity contribution in [2.75, 3.05) is 6.54 Å². The molecule has 1 rings (SSSR count). The average molecular weight is 146 g/mol. The van der Waals surface area contributed by atoms with Crippen molar-refractivity contribution in [1.29, 1.82) is 0 Å². The minimum absolute atomic E-state index is 0.361. The van der Waals surface area contributed by atoms with Crippen molar-refractivity contribution in [2.24, 2.45) is 0 Å². The highest BCUT2D eigenvalue weighted by molar-refractivity contribution is 8.00. The summed E-state index contributed by atoms with van der Waals surface area (Å²) in [5.74, 6) is 0. The zero-order valence-corrected chi connectivity index (χ0v) is 6.15. The van der Waals surface area contributed by atoms with Crippen LogP contribution in [0.5, 0.6) is 0 Å². The lowest BCUT2D eigenvalue weighted by molar-refractivity contribution is 0.778. The van der Waals surface area contributed by atoms with Crippen molar-refractivity contribution in [2.45, 2.75) is 18.9 Å². The van der Waals surface area contributed by atoms with Gasteiger partial charge in [0.25, 0.3) is 0 Å². The molecule has 0 bridgehead atoms. The maximum atomic E-state index is 4.81. The van der Waals surface area contributed by atoms with Crippen LogP contribution >= 0.6 is 12.2 Å². The van der Waals surface area contributed by atoms with Crippen LogP contribution in [0, 0.1) is 0 Å². The molecule has 0 radical (unpaired) electrons. The quantitative estimate of drug-likeness (QED) is 0.430. The molecule has 0 spiro atoms. The Hall–Kier alpha value is 0.270. The third kappa shape index (κ3) is 1.37. The summed E-state index contributed by atoms with van der Waals surface area (Å²) in [6, 6.07) is 0.361. The fourth-order valence-electron chi connectivity index (χ4n) is 0.886. The first-order valence-corrected chi connectivity index (χ1v) is 3.56. The average Bonchev–Trinajstić information content (AvgIpc) is 2.12. The van der Waals surface area contributed by atoms with Crippen LogP contribution in [0.1, 0.15) is 12.8 Å². The van der Waals surface area contributed by atoms with E-state index in [9.17, 15) is 0 Å². The highest BCUT2D eigenvalue weighted by Gasteiger charge is 2.10. The Morgan fingerprint density at radius 1 is 1.75 bits per heavy atom. The summed E-state index contributed by atoms with van der Waals surface area (Å²) in [6.07, 6.45) is 2.36. The van der Waals surface area contributed by atoms with Gasteiger partial charge in [-0.1, -0.05) is 0 Å². The van der Waals surface area contributed by atoms with Crippen molar-refractivity contribution in [3.8, 4) is 0 Å². The number of rotatable bonds is 1. The summed E-state index contributed by atoms with van der Waals surface area (Å²) in [5, 5.41) is 3.21. The molecule has 0 saturated carbocycles. The second-order valence-corrected chi connectivity index (χ2v) is 3.11. The van der Waals surface area contributed by atoms with Crippen molar-refractivity contribution in [1.82, 2.24) is 5.32 Å². The van der Waals surface area contributed by atoms with Crippen molar-refractivity contribution in [3.05, 3.63) is 0 Å². The summed E-state index contributed by atoms with van der Waals surface area (Å²) in [7, 11) is 0. The van der Waals surface area contributed by atoms with Gasteiger partial charge >= 0.3 is 0 Å². The van der Waals surface area contributed by atoms with Crippen LogP contribution in [0.4, 0.5) is 0 Å². The molecule has 1 fully saturated rings. The Balaban J connectivity index is 2.35. The lowest BCUT2D eigenvalue weighted by atomic mass is 10.3. The Morgan fingerprint density at radius 3 is 2.75 bits per heavy atom. The molecule has 1 saturated heterocycles. The lowest BCUT2D eigenvalue weighted by Crippen LogP contribution is -2.27. The summed E-state index contributed by atoms with van der Waals surface area (Å²) < 4.78 is 0.697. The van der Waals surface area contributed by atoms with E-state index in [0.717, 1.165) is 13.0 Å². The Labute approximate surface area is 60.3 Å². The molecule has 8 heavy (non-hydrogen) atoms. The van der Waals surface area contributed by atoms with Gasteiger partial charge in [-0.15, -0.1) is 4.20 Å². The number of hydrogen-bond acceptors (Lipinski definition) is 3. The fraction of sp³-hybridized carbons (Fsp3) is 0.800. The Morgan fingerprint density at radius 2 is 2.50 bits per heavy atom. The van der Waals surface area contributed by atoms with E-state index in [4.69, 9.17) is 24.8 Å². The maximum absolute atomic E-state index is 4.81. The highest BCUT2D eigenvalue weighted by atomic mass is 32.1. The normalized spacial score (nSPS) is 28.2. The van der Waals surface area contributed by atoms with Crippen molar-refractivity contribution >= 4 is 29.0 Å². The Bertz CT molecular complexity index is 96.6. The topological polar surface area (TPSA) is 12.0 Å². The minimum Gasteiger partial charge on any atom is -0.431 e. The zero-order valence-electron chi connectivity index (χ0n) is 4.52. The fourth-order valence-corrected chi connectivity index (χ4v) is 1.29. The van der Waals surface area contributed by atoms with Crippen LogP contribution in [-0.4, -0.2) is 16.8 Å². The molecule has 1 unspecified atom stereocenters. The van der Waals surface area contributed by atoms with Gasteiger partial charge in [-0.3, -0.25) is 0 Å². The molecule has 0 aromatic carbocycles. The number of nitrogens with one attached hydrogen (secondary N) is 1. The van der Waals surface area contributed by atoms with Crippen LogP contribution in [0.3, 0.4) is 0 Å². The van der Waals surface area contributed by atoms with Crippen LogP contribution < -0.4 is 5.32 Å². The van der Waals surface area contributed by atoms with E-state index in [-0.39, 0.29) is 0 Å². The molecule has 0 aromatic rings. The highest BCUT2D eigenvalue weighted by Crippen LogP contribution is 2.05. The van der Waals surface area contributed by atoms with E-state index in [1.807, 2.05) is 0 Å². The molecular formula is C5H8NS2-. The van der Waals surface area contributed by atoms with Gasteiger partial charge in [0.05, 0.1) is 0 Å². The molecule has 0 aromatic heterocycles. The maximum Gasteiger partial charge on any atom is 0.0141 e. The third-order valence-corrected chi connectivity index (χ3v) is 1.91.